The van der Waals surface area contributed by atoms with E-state index in [0.717, 1.165) is 10.9 Å². The van der Waals surface area contributed by atoms with E-state index in [1.807, 2.05) is 55.5 Å². The third-order valence-electron chi connectivity index (χ3n) is 4.34. The van der Waals surface area contributed by atoms with Crippen LogP contribution in [0.5, 0.6) is 0 Å². The van der Waals surface area contributed by atoms with Gasteiger partial charge in [0.2, 0.25) is 5.55 Å². The van der Waals surface area contributed by atoms with Crippen LogP contribution in [0.1, 0.15) is 15.9 Å². The number of anilines is 1. The maximum atomic E-state index is 13.0. The van der Waals surface area contributed by atoms with Crippen LogP contribution in [-0.2, 0) is 0 Å². The van der Waals surface area contributed by atoms with Gasteiger partial charge in [0.05, 0.1) is 10.7 Å². The van der Waals surface area contributed by atoms with Crippen LogP contribution in [0.2, 0.25) is 10.0 Å². The van der Waals surface area contributed by atoms with Crippen molar-refractivity contribution in [2.45, 2.75) is 6.92 Å². The number of carbonyl (C=O) groups is 1. The molecule has 144 valence electrons. The Kier molecular flexibility index (Phi) is 5.38. The van der Waals surface area contributed by atoms with Crippen molar-refractivity contribution in [1.82, 2.24) is 0 Å². The Morgan fingerprint density at radius 2 is 1.72 bits per heavy atom. The van der Waals surface area contributed by atoms with Crippen molar-refractivity contribution in [3.63, 3.8) is 0 Å². The molecule has 1 aromatic heterocycles. The lowest BCUT2D eigenvalue weighted by molar-refractivity contribution is 0.102. The molecular weight excluding hydrogens is 407 g/mol. The lowest BCUT2D eigenvalue weighted by Crippen LogP contribution is -2.21. The summed E-state index contributed by atoms with van der Waals surface area (Å²) in [5.74, 6) is -0.327. The van der Waals surface area contributed by atoms with Crippen molar-refractivity contribution in [1.29, 1.82) is 0 Å². The van der Waals surface area contributed by atoms with Crippen LogP contribution in [0.4, 0.5) is 11.4 Å². The van der Waals surface area contributed by atoms with E-state index in [9.17, 15) is 4.79 Å². The van der Waals surface area contributed by atoms with Crippen molar-refractivity contribution >= 4 is 51.5 Å². The van der Waals surface area contributed by atoms with E-state index >= 15 is 0 Å². The van der Waals surface area contributed by atoms with E-state index in [-0.39, 0.29) is 11.5 Å². The fraction of sp³-hybridized carbons (Fsp3) is 0.0435. The molecule has 4 nitrogen and oxygen atoms in total. The summed E-state index contributed by atoms with van der Waals surface area (Å²) in [5.41, 5.74) is 3.33. The maximum Gasteiger partial charge on any atom is 0.261 e. The molecule has 0 saturated heterocycles. The van der Waals surface area contributed by atoms with Gasteiger partial charge in [-0.05, 0) is 49.4 Å². The van der Waals surface area contributed by atoms with Crippen LogP contribution < -0.4 is 10.9 Å². The smallest absolute Gasteiger partial charge is 0.261 e. The highest BCUT2D eigenvalue weighted by Gasteiger charge is 2.14. The Morgan fingerprint density at radius 3 is 2.48 bits per heavy atom. The number of amides is 1. The fourth-order valence-electron chi connectivity index (χ4n) is 2.83. The number of nitrogens with zero attached hydrogens (tertiary/aromatic N) is 1. The number of hydrogen-bond acceptors (Lipinski definition) is 3. The van der Waals surface area contributed by atoms with Crippen LogP contribution in [-0.4, -0.2) is 5.91 Å². The zero-order chi connectivity index (χ0) is 20.4. The number of nitrogens with one attached hydrogen (secondary N) is 1. The lowest BCUT2D eigenvalue weighted by Gasteiger charge is -2.07. The number of fused-ring (bicyclic) bond motifs is 1. The summed E-state index contributed by atoms with van der Waals surface area (Å²) in [5, 5.41) is 4.55. The third kappa shape index (κ3) is 4.34. The molecule has 4 aromatic rings. The van der Waals surface area contributed by atoms with E-state index < -0.39 is 0 Å². The molecule has 0 atom stereocenters. The molecule has 0 bridgehead atoms. The van der Waals surface area contributed by atoms with Gasteiger partial charge in [-0.3, -0.25) is 4.79 Å². The van der Waals surface area contributed by atoms with Gasteiger partial charge < -0.3 is 9.73 Å². The van der Waals surface area contributed by atoms with Crippen LogP contribution in [0.15, 0.2) is 82.2 Å². The first-order chi connectivity index (χ1) is 14.0. The molecule has 1 heterocycles. The van der Waals surface area contributed by atoms with Gasteiger partial charge in [0, 0.05) is 16.1 Å². The van der Waals surface area contributed by atoms with Gasteiger partial charge >= 0.3 is 0 Å². The van der Waals surface area contributed by atoms with Gasteiger partial charge in [-0.1, -0.05) is 59.1 Å². The van der Waals surface area contributed by atoms with Crippen LogP contribution >= 0.6 is 23.2 Å². The van der Waals surface area contributed by atoms with Gasteiger partial charge in [-0.2, -0.15) is 0 Å². The SMILES string of the molecule is Cc1ccc(NC(=O)c2cc3ccccc3oc2=Nc2ccc(Cl)cc2Cl)cc1. The molecule has 0 aliphatic heterocycles. The van der Waals surface area contributed by atoms with E-state index in [1.54, 1.807) is 24.3 Å². The number of hydrogen-bond donors (Lipinski definition) is 1. The molecule has 1 amide bonds. The fourth-order valence-corrected chi connectivity index (χ4v) is 3.28. The highest BCUT2D eigenvalue weighted by Crippen LogP contribution is 2.27. The summed E-state index contributed by atoms with van der Waals surface area (Å²) in [6, 6.07) is 21.7. The minimum atomic E-state index is -0.327. The highest BCUT2D eigenvalue weighted by atomic mass is 35.5. The summed E-state index contributed by atoms with van der Waals surface area (Å²) in [4.78, 5) is 17.5. The Bertz CT molecular complexity index is 1280. The maximum absolute atomic E-state index is 13.0. The second-order valence-electron chi connectivity index (χ2n) is 6.53. The minimum absolute atomic E-state index is 0.164. The number of para-hydroxylation sites is 1. The van der Waals surface area contributed by atoms with E-state index in [0.29, 0.717) is 32.6 Å². The topological polar surface area (TPSA) is 54.6 Å². The number of halogens is 2. The molecule has 0 spiro atoms. The van der Waals surface area contributed by atoms with E-state index in [4.69, 9.17) is 27.6 Å². The molecule has 3 aromatic carbocycles. The van der Waals surface area contributed by atoms with E-state index in [1.165, 1.54) is 0 Å². The average Bonchev–Trinajstić information content (AvgIpc) is 2.71. The Hall–Kier alpha value is -3.08. The quantitative estimate of drug-likeness (QED) is 0.407. The predicted molar refractivity (Wildman–Crippen MR) is 117 cm³/mol. The van der Waals surface area contributed by atoms with Gasteiger partial charge in [0.1, 0.15) is 11.1 Å². The Balaban J connectivity index is 1.84. The third-order valence-corrected chi connectivity index (χ3v) is 4.88. The second kappa shape index (κ2) is 8.11. The zero-order valence-corrected chi connectivity index (χ0v) is 17.0. The van der Waals surface area contributed by atoms with Crippen molar-refractivity contribution < 1.29 is 9.21 Å². The molecule has 0 aliphatic rings. The summed E-state index contributed by atoms with van der Waals surface area (Å²) in [6.07, 6.45) is 0. The van der Waals surface area contributed by atoms with Crippen molar-refractivity contribution in [2.24, 2.45) is 4.99 Å². The van der Waals surface area contributed by atoms with Crippen LogP contribution in [0.3, 0.4) is 0 Å². The number of benzene rings is 3. The zero-order valence-electron chi connectivity index (χ0n) is 15.4. The number of rotatable bonds is 3. The normalized spacial score (nSPS) is 11.6. The minimum Gasteiger partial charge on any atom is -0.438 e. The molecule has 6 heteroatoms. The van der Waals surface area contributed by atoms with Gasteiger partial charge in [0.25, 0.3) is 5.91 Å². The van der Waals surface area contributed by atoms with Gasteiger partial charge in [-0.15, -0.1) is 0 Å². The van der Waals surface area contributed by atoms with Crippen molar-refractivity contribution in [2.75, 3.05) is 5.32 Å². The summed E-state index contributed by atoms with van der Waals surface area (Å²) < 4.78 is 5.94. The first-order valence-electron chi connectivity index (χ1n) is 8.90. The number of carbonyl (C=O) groups excluding carboxylic acids is 1. The Morgan fingerprint density at radius 1 is 0.966 bits per heavy atom. The van der Waals surface area contributed by atoms with Crippen LogP contribution in [0.25, 0.3) is 11.0 Å². The molecule has 0 unspecified atom stereocenters. The molecule has 0 radical (unpaired) electrons. The van der Waals surface area contributed by atoms with Gasteiger partial charge in [-0.25, -0.2) is 4.99 Å². The van der Waals surface area contributed by atoms with Gasteiger partial charge in [0.15, 0.2) is 0 Å². The first kappa shape index (κ1) is 19.2. The molecule has 29 heavy (non-hydrogen) atoms. The van der Waals surface area contributed by atoms with E-state index in [2.05, 4.69) is 10.3 Å². The molecular formula is C23H16Cl2N2O2. The van der Waals surface area contributed by atoms with Crippen LogP contribution in [0, 0.1) is 6.92 Å². The molecule has 0 saturated carbocycles. The van der Waals surface area contributed by atoms with Crippen molar-refractivity contribution in [3.05, 3.63) is 99.5 Å². The summed E-state index contributed by atoms with van der Waals surface area (Å²) in [7, 11) is 0. The lowest BCUT2D eigenvalue weighted by atomic mass is 10.1. The monoisotopic (exact) mass is 422 g/mol. The molecule has 4 rings (SSSR count). The highest BCUT2D eigenvalue weighted by molar-refractivity contribution is 6.36. The predicted octanol–water partition coefficient (Wildman–Crippen LogP) is 6.53. The summed E-state index contributed by atoms with van der Waals surface area (Å²) in [6.45, 7) is 1.99. The first-order valence-corrected chi connectivity index (χ1v) is 9.66. The van der Waals surface area contributed by atoms with Crippen molar-refractivity contribution in [3.8, 4) is 0 Å². The molecule has 0 fully saturated rings. The molecule has 1 N–H and O–H groups in total. The second-order valence-corrected chi connectivity index (χ2v) is 7.37. The Labute approximate surface area is 177 Å². The standard InChI is InChI=1S/C23H16Cl2N2O2/c1-14-6-9-17(10-7-14)26-22(28)18-12-15-4-2-3-5-21(15)29-23(18)27-20-11-8-16(24)13-19(20)25/h2-13H,1H3,(H,26,28). The molecule has 0 aliphatic carbocycles. The number of aryl methyl sites for hydroxylation is 1. The summed E-state index contributed by atoms with van der Waals surface area (Å²) >= 11 is 12.2. The average molecular weight is 423 g/mol. The largest absolute Gasteiger partial charge is 0.438 e.